The number of amides is 2. The Morgan fingerprint density at radius 1 is 0.960 bits per heavy atom. The normalized spacial score (nSPS) is 9.80. The zero-order valence-electron chi connectivity index (χ0n) is 13.1. The first kappa shape index (κ1) is 18.0. The summed E-state index contributed by atoms with van der Waals surface area (Å²) < 4.78 is 0. The van der Waals surface area contributed by atoms with Gasteiger partial charge in [0.2, 0.25) is 0 Å². The van der Waals surface area contributed by atoms with E-state index in [-0.39, 0.29) is 16.4 Å². The summed E-state index contributed by atoms with van der Waals surface area (Å²) in [6.45, 7) is 1.78. The summed E-state index contributed by atoms with van der Waals surface area (Å²) in [5.74, 6) is -1.18. The molecular formula is C16H14N4O4S. The highest BCUT2D eigenvalue weighted by Crippen LogP contribution is 2.17. The van der Waals surface area contributed by atoms with Crippen molar-refractivity contribution in [1.29, 1.82) is 0 Å². The van der Waals surface area contributed by atoms with Crippen molar-refractivity contribution < 1.29 is 14.5 Å². The van der Waals surface area contributed by atoms with E-state index >= 15 is 0 Å². The maximum Gasteiger partial charge on any atom is 0.282 e. The molecule has 0 aromatic heterocycles. The molecule has 0 radical (unpaired) electrons. The van der Waals surface area contributed by atoms with E-state index in [1.54, 1.807) is 31.2 Å². The first-order valence-electron chi connectivity index (χ1n) is 7.11. The van der Waals surface area contributed by atoms with Crippen LogP contribution < -0.4 is 16.2 Å². The van der Waals surface area contributed by atoms with Gasteiger partial charge in [-0.05, 0) is 36.8 Å². The van der Waals surface area contributed by atoms with Gasteiger partial charge < -0.3 is 0 Å². The number of nitrogens with zero attached hydrogens (tertiary/aromatic N) is 1. The SMILES string of the molecule is Cc1ccccc1C(=O)NNC(=S)NC(=O)c1ccccc1[N+](=O)[O-]. The van der Waals surface area contributed by atoms with Crippen LogP contribution in [0.25, 0.3) is 0 Å². The number of rotatable bonds is 3. The van der Waals surface area contributed by atoms with Crippen molar-refractivity contribution in [3.8, 4) is 0 Å². The molecule has 25 heavy (non-hydrogen) atoms. The predicted octanol–water partition coefficient (Wildman–Crippen LogP) is 1.85. The number of nitro benzene ring substituents is 1. The van der Waals surface area contributed by atoms with Gasteiger partial charge in [-0.2, -0.15) is 0 Å². The summed E-state index contributed by atoms with van der Waals surface area (Å²) in [5, 5.41) is 13.0. The number of para-hydroxylation sites is 1. The summed E-state index contributed by atoms with van der Waals surface area (Å²) in [6.07, 6.45) is 0. The number of carbonyl (C=O) groups is 2. The lowest BCUT2D eigenvalue weighted by atomic mass is 10.1. The molecule has 2 rings (SSSR count). The highest BCUT2D eigenvalue weighted by Gasteiger charge is 2.20. The Hall–Kier alpha value is -3.33. The molecule has 0 atom stereocenters. The molecule has 0 heterocycles. The Kier molecular flexibility index (Phi) is 5.75. The lowest BCUT2D eigenvalue weighted by Crippen LogP contribution is -2.48. The van der Waals surface area contributed by atoms with Gasteiger partial charge in [-0.15, -0.1) is 0 Å². The standard InChI is InChI=1S/C16H14N4O4S/c1-10-6-2-3-7-11(10)15(22)18-19-16(25)17-14(21)12-8-4-5-9-13(12)20(23)24/h2-9H,1H3,(H,18,22)(H2,17,19,21,25). The minimum absolute atomic E-state index is 0.137. The summed E-state index contributed by atoms with van der Waals surface area (Å²) in [4.78, 5) is 34.4. The fraction of sp³-hybridized carbons (Fsp3) is 0.0625. The minimum atomic E-state index is -0.755. The molecule has 0 aliphatic heterocycles. The third kappa shape index (κ3) is 4.58. The van der Waals surface area contributed by atoms with Crippen molar-refractivity contribution >= 4 is 34.8 Å². The van der Waals surface area contributed by atoms with Crippen LogP contribution in [0.3, 0.4) is 0 Å². The Bertz CT molecular complexity index is 854. The van der Waals surface area contributed by atoms with Gasteiger partial charge in [0.15, 0.2) is 5.11 Å². The van der Waals surface area contributed by atoms with E-state index in [1.807, 2.05) is 0 Å². The first-order valence-corrected chi connectivity index (χ1v) is 7.51. The lowest BCUT2D eigenvalue weighted by molar-refractivity contribution is -0.385. The zero-order chi connectivity index (χ0) is 18.4. The van der Waals surface area contributed by atoms with Gasteiger partial charge in [0, 0.05) is 11.6 Å². The van der Waals surface area contributed by atoms with Crippen LogP contribution in [0.4, 0.5) is 5.69 Å². The van der Waals surface area contributed by atoms with Gasteiger partial charge in [-0.1, -0.05) is 30.3 Å². The van der Waals surface area contributed by atoms with Crippen LogP contribution in [0.5, 0.6) is 0 Å². The number of hydrogen-bond acceptors (Lipinski definition) is 5. The Morgan fingerprint density at radius 3 is 2.20 bits per heavy atom. The zero-order valence-corrected chi connectivity index (χ0v) is 13.9. The quantitative estimate of drug-likeness (QED) is 0.438. The van der Waals surface area contributed by atoms with E-state index in [9.17, 15) is 19.7 Å². The van der Waals surface area contributed by atoms with Crippen molar-refractivity contribution in [2.45, 2.75) is 6.92 Å². The Morgan fingerprint density at radius 2 is 1.56 bits per heavy atom. The van der Waals surface area contributed by atoms with Crippen LogP contribution in [0.2, 0.25) is 0 Å². The number of carbonyl (C=O) groups excluding carboxylic acids is 2. The van der Waals surface area contributed by atoms with Crippen LogP contribution >= 0.6 is 12.2 Å². The highest BCUT2D eigenvalue weighted by atomic mass is 32.1. The molecule has 0 aliphatic carbocycles. The van der Waals surface area contributed by atoms with Crippen molar-refractivity contribution in [1.82, 2.24) is 16.2 Å². The summed E-state index contributed by atoms with van der Waals surface area (Å²) in [7, 11) is 0. The highest BCUT2D eigenvalue weighted by molar-refractivity contribution is 7.80. The molecule has 2 aromatic rings. The minimum Gasteiger partial charge on any atom is -0.297 e. The maximum atomic E-state index is 12.1. The van der Waals surface area contributed by atoms with Gasteiger partial charge in [0.1, 0.15) is 5.56 Å². The third-order valence-corrected chi connectivity index (χ3v) is 3.46. The van der Waals surface area contributed by atoms with Crippen LogP contribution in [0, 0.1) is 17.0 Å². The molecule has 0 unspecified atom stereocenters. The molecule has 8 nitrogen and oxygen atoms in total. The number of nitrogens with one attached hydrogen (secondary N) is 3. The number of aryl methyl sites for hydroxylation is 1. The fourth-order valence-corrected chi connectivity index (χ4v) is 2.18. The van der Waals surface area contributed by atoms with E-state index in [4.69, 9.17) is 12.2 Å². The Balaban J connectivity index is 1.97. The number of thiocarbonyl (C=S) groups is 1. The molecule has 0 saturated carbocycles. The molecule has 3 N–H and O–H groups in total. The molecule has 128 valence electrons. The maximum absolute atomic E-state index is 12.1. The number of benzene rings is 2. The van der Waals surface area contributed by atoms with Crippen LogP contribution in [-0.2, 0) is 0 Å². The summed E-state index contributed by atoms with van der Waals surface area (Å²) in [5.41, 5.74) is 5.49. The fourth-order valence-electron chi connectivity index (χ4n) is 2.04. The van der Waals surface area contributed by atoms with Crippen LogP contribution in [0.15, 0.2) is 48.5 Å². The molecular weight excluding hydrogens is 344 g/mol. The van der Waals surface area contributed by atoms with Gasteiger partial charge >= 0.3 is 0 Å². The summed E-state index contributed by atoms with van der Waals surface area (Å²) in [6, 6.07) is 12.4. The molecule has 2 amide bonds. The van der Waals surface area contributed by atoms with Crippen molar-refractivity contribution in [3.63, 3.8) is 0 Å². The number of hydrazine groups is 1. The van der Waals surface area contributed by atoms with Gasteiger partial charge in [-0.3, -0.25) is 35.9 Å². The van der Waals surface area contributed by atoms with E-state index in [0.717, 1.165) is 5.56 Å². The summed E-state index contributed by atoms with van der Waals surface area (Å²) >= 11 is 4.91. The third-order valence-electron chi connectivity index (χ3n) is 3.25. The largest absolute Gasteiger partial charge is 0.297 e. The van der Waals surface area contributed by atoms with E-state index in [0.29, 0.717) is 5.56 Å². The van der Waals surface area contributed by atoms with E-state index in [1.165, 1.54) is 24.3 Å². The Labute approximate surface area is 148 Å². The second-order valence-corrected chi connectivity index (χ2v) is 5.36. The second kappa shape index (κ2) is 7.97. The smallest absolute Gasteiger partial charge is 0.282 e. The van der Waals surface area contributed by atoms with Crippen molar-refractivity contribution in [3.05, 3.63) is 75.3 Å². The molecule has 0 aliphatic rings. The van der Waals surface area contributed by atoms with Gasteiger partial charge in [0.25, 0.3) is 17.5 Å². The van der Waals surface area contributed by atoms with E-state index in [2.05, 4.69) is 16.2 Å². The van der Waals surface area contributed by atoms with Crippen LogP contribution in [-0.4, -0.2) is 21.9 Å². The average molecular weight is 358 g/mol. The molecule has 9 heteroatoms. The first-order chi connectivity index (χ1) is 11.9. The van der Waals surface area contributed by atoms with Crippen molar-refractivity contribution in [2.75, 3.05) is 0 Å². The number of hydrogen-bond donors (Lipinski definition) is 3. The lowest BCUT2D eigenvalue weighted by Gasteiger charge is -2.11. The number of nitro groups is 1. The van der Waals surface area contributed by atoms with Gasteiger partial charge in [-0.25, -0.2) is 0 Å². The van der Waals surface area contributed by atoms with E-state index < -0.39 is 16.7 Å². The molecule has 2 aromatic carbocycles. The second-order valence-electron chi connectivity index (χ2n) is 4.95. The molecule has 0 saturated heterocycles. The molecule has 0 spiro atoms. The van der Waals surface area contributed by atoms with Crippen LogP contribution in [0.1, 0.15) is 26.3 Å². The monoisotopic (exact) mass is 358 g/mol. The topological polar surface area (TPSA) is 113 Å². The van der Waals surface area contributed by atoms with Crippen molar-refractivity contribution in [2.24, 2.45) is 0 Å². The average Bonchev–Trinajstić information content (AvgIpc) is 2.60. The molecule has 0 bridgehead atoms. The molecule has 0 fully saturated rings. The van der Waals surface area contributed by atoms with Gasteiger partial charge in [0.05, 0.1) is 4.92 Å². The predicted molar refractivity (Wildman–Crippen MR) is 94.9 cm³/mol.